The van der Waals surface area contributed by atoms with E-state index in [0.717, 1.165) is 5.75 Å². The van der Waals surface area contributed by atoms with Crippen molar-refractivity contribution in [2.75, 3.05) is 13.4 Å². The Labute approximate surface area is 108 Å². The SMILES string of the molecule is COc1cccc(C2(NSC)CCCCC2)c1. The number of rotatable bonds is 4. The molecule has 0 saturated heterocycles. The Morgan fingerprint density at radius 1 is 1.24 bits per heavy atom. The number of nitrogens with one attached hydrogen (secondary N) is 1. The summed E-state index contributed by atoms with van der Waals surface area (Å²) in [6.45, 7) is 0. The lowest BCUT2D eigenvalue weighted by molar-refractivity contribution is 0.280. The normalized spacial score (nSPS) is 18.9. The highest BCUT2D eigenvalue weighted by Gasteiger charge is 2.33. The average molecular weight is 251 g/mol. The predicted octanol–water partition coefficient (Wildman–Crippen LogP) is 3.72. The zero-order valence-corrected chi connectivity index (χ0v) is 11.5. The third-order valence-corrected chi connectivity index (χ3v) is 4.22. The maximum Gasteiger partial charge on any atom is 0.119 e. The van der Waals surface area contributed by atoms with Crippen molar-refractivity contribution < 1.29 is 4.74 Å². The first-order chi connectivity index (χ1) is 8.30. The summed E-state index contributed by atoms with van der Waals surface area (Å²) in [5.41, 5.74) is 1.51. The lowest BCUT2D eigenvalue weighted by Gasteiger charge is -2.38. The summed E-state index contributed by atoms with van der Waals surface area (Å²) in [5, 5.41) is 0. The van der Waals surface area contributed by atoms with Crippen LogP contribution in [0.1, 0.15) is 37.7 Å². The van der Waals surface area contributed by atoms with E-state index in [-0.39, 0.29) is 5.54 Å². The van der Waals surface area contributed by atoms with Crippen LogP contribution in [0.15, 0.2) is 24.3 Å². The molecule has 1 fully saturated rings. The van der Waals surface area contributed by atoms with E-state index in [9.17, 15) is 0 Å². The molecule has 0 aliphatic heterocycles. The molecular weight excluding hydrogens is 230 g/mol. The molecule has 0 amide bonds. The largest absolute Gasteiger partial charge is 0.497 e. The molecule has 0 bridgehead atoms. The topological polar surface area (TPSA) is 21.3 Å². The van der Waals surface area contributed by atoms with Gasteiger partial charge in [0.1, 0.15) is 5.75 Å². The highest BCUT2D eigenvalue weighted by molar-refractivity contribution is 7.96. The van der Waals surface area contributed by atoms with Gasteiger partial charge in [0.25, 0.3) is 0 Å². The molecule has 1 N–H and O–H groups in total. The third kappa shape index (κ3) is 2.78. The van der Waals surface area contributed by atoms with Crippen LogP contribution in [0.2, 0.25) is 0 Å². The Hall–Kier alpha value is -0.670. The van der Waals surface area contributed by atoms with Gasteiger partial charge in [0.05, 0.1) is 12.6 Å². The Morgan fingerprint density at radius 3 is 2.65 bits per heavy atom. The fourth-order valence-electron chi connectivity index (χ4n) is 2.72. The second-order valence-corrected chi connectivity index (χ2v) is 5.29. The molecule has 0 aromatic heterocycles. The summed E-state index contributed by atoms with van der Waals surface area (Å²) in [4.78, 5) is 0. The van der Waals surface area contributed by atoms with Crippen LogP contribution in [0.25, 0.3) is 0 Å². The highest BCUT2D eigenvalue weighted by Crippen LogP contribution is 2.39. The van der Waals surface area contributed by atoms with Crippen molar-refractivity contribution in [1.29, 1.82) is 0 Å². The van der Waals surface area contributed by atoms with Gasteiger partial charge in [-0.3, -0.25) is 4.72 Å². The van der Waals surface area contributed by atoms with Gasteiger partial charge in [-0.25, -0.2) is 0 Å². The minimum absolute atomic E-state index is 0.145. The predicted molar refractivity (Wildman–Crippen MR) is 74.4 cm³/mol. The lowest BCUT2D eigenvalue weighted by Crippen LogP contribution is -2.40. The van der Waals surface area contributed by atoms with E-state index in [1.807, 2.05) is 6.07 Å². The summed E-state index contributed by atoms with van der Waals surface area (Å²) < 4.78 is 8.96. The quantitative estimate of drug-likeness (QED) is 0.824. The van der Waals surface area contributed by atoms with E-state index in [1.165, 1.54) is 37.7 Å². The van der Waals surface area contributed by atoms with Gasteiger partial charge < -0.3 is 4.74 Å². The molecule has 3 heteroatoms. The van der Waals surface area contributed by atoms with Crippen molar-refractivity contribution >= 4 is 11.9 Å². The standard InChI is InChI=1S/C14H21NOS/c1-16-13-8-6-7-12(11-13)14(15-17-2)9-4-3-5-10-14/h6-8,11,15H,3-5,9-10H2,1-2H3. The van der Waals surface area contributed by atoms with Crippen LogP contribution in [-0.2, 0) is 5.54 Å². The maximum atomic E-state index is 5.33. The van der Waals surface area contributed by atoms with Gasteiger partial charge in [-0.2, -0.15) is 0 Å². The van der Waals surface area contributed by atoms with Crippen LogP contribution >= 0.6 is 11.9 Å². The molecule has 0 atom stereocenters. The van der Waals surface area contributed by atoms with Crippen molar-refractivity contribution in [3.63, 3.8) is 0 Å². The van der Waals surface area contributed by atoms with Crippen LogP contribution in [0.4, 0.5) is 0 Å². The molecule has 1 aromatic rings. The van der Waals surface area contributed by atoms with Crippen molar-refractivity contribution in [3.05, 3.63) is 29.8 Å². The number of hydrogen-bond donors (Lipinski definition) is 1. The first-order valence-electron chi connectivity index (χ1n) is 6.25. The van der Waals surface area contributed by atoms with Gasteiger partial charge in [0.15, 0.2) is 0 Å². The first kappa shape index (κ1) is 12.8. The van der Waals surface area contributed by atoms with Crippen LogP contribution in [0.5, 0.6) is 5.75 Å². The first-order valence-corrected chi connectivity index (χ1v) is 7.48. The fourth-order valence-corrected chi connectivity index (χ4v) is 3.43. The van der Waals surface area contributed by atoms with Crippen LogP contribution in [-0.4, -0.2) is 13.4 Å². The zero-order chi connectivity index (χ0) is 12.1. The number of methoxy groups -OCH3 is 1. The second kappa shape index (κ2) is 5.78. The fraction of sp³-hybridized carbons (Fsp3) is 0.571. The summed E-state index contributed by atoms with van der Waals surface area (Å²) in [6, 6.07) is 8.50. The van der Waals surface area contributed by atoms with E-state index >= 15 is 0 Å². The van der Waals surface area contributed by atoms with Crippen molar-refractivity contribution in [1.82, 2.24) is 4.72 Å². The maximum absolute atomic E-state index is 5.33. The third-order valence-electron chi connectivity index (χ3n) is 3.63. The second-order valence-electron chi connectivity index (χ2n) is 4.68. The minimum Gasteiger partial charge on any atom is -0.497 e. The molecule has 0 radical (unpaired) electrons. The molecular formula is C14H21NOS. The minimum atomic E-state index is 0.145. The lowest BCUT2D eigenvalue weighted by atomic mass is 9.77. The van der Waals surface area contributed by atoms with Crippen LogP contribution in [0.3, 0.4) is 0 Å². The molecule has 2 rings (SSSR count). The Balaban J connectivity index is 2.30. The number of benzene rings is 1. The van der Waals surface area contributed by atoms with E-state index in [4.69, 9.17) is 4.74 Å². The van der Waals surface area contributed by atoms with E-state index in [0.29, 0.717) is 0 Å². The van der Waals surface area contributed by atoms with E-state index in [2.05, 4.69) is 29.2 Å². The Kier molecular flexibility index (Phi) is 4.35. The zero-order valence-electron chi connectivity index (χ0n) is 10.7. The Bertz CT molecular complexity index is 355. The molecule has 17 heavy (non-hydrogen) atoms. The molecule has 1 aliphatic carbocycles. The molecule has 2 nitrogen and oxygen atoms in total. The molecule has 0 unspecified atom stereocenters. The summed E-state index contributed by atoms with van der Waals surface area (Å²) in [5.74, 6) is 0.954. The van der Waals surface area contributed by atoms with Gasteiger partial charge in [-0.05, 0) is 36.8 Å². The summed E-state index contributed by atoms with van der Waals surface area (Å²) in [6.07, 6.45) is 8.54. The van der Waals surface area contributed by atoms with Crippen molar-refractivity contribution in [3.8, 4) is 5.75 Å². The van der Waals surface area contributed by atoms with Crippen LogP contribution in [0, 0.1) is 0 Å². The van der Waals surface area contributed by atoms with E-state index < -0.39 is 0 Å². The van der Waals surface area contributed by atoms with E-state index in [1.54, 1.807) is 19.1 Å². The summed E-state index contributed by atoms with van der Waals surface area (Å²) >= 11 is 1.72. The molecule has 0 heterocycles. The average Bonchev–Trinajstić information content (AvgIpc) is 2.40. The molecule has 1 aliphatic rings. The van der Waals surface area contributed by atoms with Gasteiger partial charge in [-0.1, -0.05) is 43.3 Å². The molecule has 1 saturated carbocycles. The van der Waals surface area contributed by atoms with Gasteiger partial charge in [-0.15, -0.1) is 0 Å². The van der Waals surface area contributed by atoms with Crippen molar-refractivity contribution in [2.24, 2.45) is 0 Å². The molecule has 0 spiro atoms. The number of ether oxygens (including phenoxy) is 1. The van der Waals surface area contributed by atoms with Gasteiger partial charge in [0, 0.05) is 0 Å². The Morgan fingerprint density at radius 2 is 2.00 bits per heavy atom. The molecule has 1 aromatic carbocycles. The van der Waals surface area contributed by atoms with Gasteiger partial charge in [0.2, 0.25) is 0 Å². The van der Waals surface area contributed by atoms with Crippen molar-refractivity contribution in [2.45, 2.75) is 37.6 Å². The van der Waals surface area contributed by atoms with Gasteiger partial charge >= 0.3 is 0 Å². The van der Waals surface area contributed by atoms with Crippen LogP contribution < -0.4 is 9.46 Å². The highest BCUT2D eigenvalue weighted by atomic mass is 32.2. The molecule has 94 valence electrons. The number of hydrogen-bond acceptors (Lipinski definition) is 3. The monoisotopic (exact) mass is 251 g/mol. The smallest absolute Gasteiger partial charge is 0.119 e. The summed E-state index contributed by atoms with van der Waals surface area (Å²) in [7, 11) is 1.73.